The molecule has 2 nitrogen and oxygen atoms in total. The molecule has 0 amide bonds. The molecule has 22 heavy (non-hydrogen) atoms. The molecule has 2 unspecified atom stereocenters. The predicted octanol–water partition coefficient (Wildman–Crippen LogP) is 4.72. The van der Waals surface area contributed by atoms with Crippen molar-refractivity contribution in [2.75, 3.05) is 6.54 Å². The van der Waals surface area contributed by atoms with Crippen molar-refractivity contribution >= 4 is 0 Å². The molecule has 0 aromatic heterocycles. The number of rotatable bonds is 0. The van der Waals surface area contributed by atoms with Gasteiger partial charge in [-0.25, -0.2) is 0 Å². The van der Waals surface area contributed by atoms with Crippen LogP contribution in [-0.2, 0) is 4.74 Å². The van der Waals surface area contributed by atoms with Crippen molar-refractivity contribution < 1.29 is 4.74 Å². The van der Waals surface area contributed by atoms with Crippen LogP contribution in [0.2, 0.25) is 0 Å². The van der Waals surface area contributed by atoms with Crippen molar-refractivity contribution in [3.8, 4) is 0 Å². The van der Waals surface area contributed by atoms with E-state index in [4.69, 9.17) is 4.74 Å². The van der Waals surface area contributed by atoms with Gasteiger partial charge in [0.05, 0.1) is 6.10 Å². The first-order chi connectivity index (χ1) is 10.5. The monoisotopic (exact) mass is 299 g/mol. The predicted molar refractivity (Wildman–Crippen MR) is 89.8 cm³/mol. The number of nitrogens with zero attached hydrogens (tertiary/aromatic N) is 1. The third-order valence-electron chi connectivity index (χ3n) is 6.55. The van der Waals surface area contributed by atoms with Crippen molar-refractivity contribution in [1.82, 2.24) is 4.90 Å². The minimum absolute atomic E-state index is 0.161. The third kappa shape index (κ3) is 2.07. The summed E-state index contributed by atoms with van der Waals surface area (Å²) in [5, 5.41) is 0. The Morgan fingerprint density at radius 1 is 1.09 bits per heavy atom. The molecule has 1 aliphatic carbocycles. The second kappa shape index (κ2) is 5.07. The summed E-state index contributed by atoms with van der Waals surface area (Å²) in [5.74, 6) is 2.08. The summed E-state index contributed by atoms with van der Waals surface area (Å²) in [5.41, 5.74) is 3.13. The van der Waals surface area contributed by atoms with Crippen LogP contribution < -0.4 is 0 Å². The Labute approximate surface area is 134 Å². The maximum atomic E-state index is 6.70. The molecular formula is C20H29NO. The van der Waals surface area contributed by atoms with E-state index in [1.54, 1.807) is 0 Å². The molecule has 0 bridgehead atoms. The van der Waals surface area contributed by atoms with Gasteiger partial charge < -0.3 is 4.74 Å². The Kier molecular flexibility index (Phi) is 3.39. The number of hydrogen-bond donors (Lipinski definition) is 0. The van der Waals surface area contributed by atoms with Gasteiger partial charge in [0, 0.05) is 18.0 Å². The SMILES string of the molecule is C[C@@H]1CCC2C(C1)O[C@H]1c3ccccc3[C@@H](C)CN1C2(C)C. The van der Waals surface area contributed by atoms with Crippen LogP contribution in [0.3, 0.4) is 0 Å². The molecule has 0 radical (unpaired) electrons. The van der Waals surface area contributed by atoms with Gasteiger partial charge in [0.25, 0.3) is 0 Å². The van der Waals surface area contributed by atoms with Crippen molar-refractivity contribution in [3.63, 3.8) is 0 Å². The summed E-state index contributed by atoms with van der Waals surface area (Å²) in [4.78, 5) is 2.65. The summed E-state index contributed by atoms with van der Waals surface area (Å²) >= 11 is 0. The zero-order chi connectivity index (χ0) is 15.5. The van der Waals surface area contributed by atoms with Crippen LogP contribution in [0.4, 0.5) is 0 Å². The molecule has 4 rings (SSSR count). The molecule has 2 fully saturated rings. The number of fused-ring (bicyclic) bond motifs is 4. The first kappa shape index (κ1) is 14.7. The van der Waals surface area contributed by atoms with Crippen molar-refractivity contribution in [2.24, 2.45) is 11.8 Å². The third-order valence-corrected chi connectivity index (χ3v) is 6.55. The van der Waals surface area contributed by atoms with Crippen molar-refractivity contribution in [2.45, 2.75) is 70.7 Å². The van der Waals surface area contributed by atoms with Crippen molar-refractivity contribution in [1.29, 1.82) is 0 Å². The van der Waals surface area contributed by atoms with Gasteiger partial charge in [-0.15, -0.1) is 0 Å². The van der Waals surface area contributed by atoms with E-state index in [0.717, 1.165) is 12.5 Å². The van der Waals surface area contributed by atoms with Crippen LogP contribution in [0.1, 0.15) is 70.2 Å². The van der Waals surface area contributed by atoms with E-state index >= 15 is 0 Å². The quantitative estimate of drug-likeness (QED) is 0.687. The second-order valence-corrected chi connectivity index (χ2v) is 8.39. The normalized spacial score (nSPS) is 40.5. The number of hydrogen-bond acceptors (Lipinski definition) is 2. The maximum absolute atomic E-state index is 6.70. The van der Waals surface area contributed by atoms with E-state index < -0.39 is 0 Å². The highest BCUT2D eigenvalue weighted by molar-refractivity contribution is 5.35. The first-order valence-corrected chi connectivity index (χ1v) is 8.99. The van der Waals surface area contributed by atoms with Crippen LogP contribution in [0.15, 0.2) is 24.3 Å². The molecule has 0 N–H and O–H groups in total. The zero-order valence-electron chi connectivity index (χ0n) is 14.4. The smallest absolute Gasteiger partial charge is 0.137 e. The minimum Gasteiger partial charge on any atom is -0.355 e. The van der Waals surface area contributed by atoms with Crippen LogP contribution in [0.5, 0.6) is 0 Å². The molecule has 1 saturated heterocycles. The average Bonchev–Trinajstić information content (AvgIpc) is 2.49. The topological polar surface area (TPSA) is 12.5 Å². The highest BCUT2D eigenvalue weighted by Crippen LogP contribution is 2.52. The average molecular weight is 299 g/mol. The van der Waals surface area contributed by atoms with Gasteiger partial charge in [0.15, 0.2) is 0 Å². The van der Waals surface area contributed by atoms with Crippen LogP contribution in [0.25, 0.3) is 0 Å². The fraction of sp³-hybridized carbons (Fsp3) is 0.700. The molecule has 120 valence electrons. The fourth-order valence-electron chi connectivity index (χ4n) is 5.19. The van der Waals surface area contributed by atoms with Gasteiger partial charge in [-0.05, 0) is 49.7 Å². The van der Waals surface area contributed by atoms with E-state index in [9.17, 15) is 0 Å². The lowest BCUT2D eigenvalue weighted by atomic mass is 9.68. The lowest BCUT2D eigenvalue weighted by Crippen LogP contribution is -2.63. The molecule has 2 heterocycles. The van der Waals surface area contributed by atoms with Gasteiger partial charge in [0.1, 0.15) is 6.23 Å². The molecule has 1 saturated carbocycles. The summed E-state index contributed by atoms with van der Waals surface area (Å²) in [7, 11) is 0. The van der Waals surface area contributed by atoms with Gasteiger partial charge in [0.2, 0.25) is 0 Å². The zero-order valence-corrected chi connectivity index (χ0v) is 14.4. The lowest BCUT2D eigenvalue weighted by Gasteiger charge is -2.59. The highest BCUT2D eigenvalue weighted by Gasteiger charge is 2.52. The Morgan fingerprint density at radius 2 is 1.82 bits per heavy atom. The number of benzene rings is 1. The van der Waals surface area contributed by atoms with E-state index in [-0.39, 0.29) is 11.8 Å². The molecule has 1 aromatic carbocycles. The van der Waals surface area contributed by atoms with Crippen molar-refractivity contribution in [3.05, 3.63) is 35.4 Å². The number of ether oxygens (including phenoxy) is 1. The first-order valence-electron chi connectivity index (χ1n) is 8.99. The van der Waals surface area contributed by atoms with Crippen LogP contribution in [-0.4, -0.2) is 23.1 Å². The standard InChI is InChI=1S/C20H29NO/c1-13-9-10-17-18(11-13)22-19-16-8-6-5-7-15(16)14(2)12-21(19)20(17,3)4/h5-8,13-14,17-19H,9-12H2,1-4H3/t13-,14+,17?,18?,19+/m1/s1. The summed E-state index contributed by atoms with van der Waals surface area (Å²) < 4.78 is 6.70. The molecule has 0 spiro atoms. The molecule has 3 aliphatic rings. The maximum Gasteiger partial charge on any atom is 0.137 e. The van der Waals surface area contributed by atoms with E-state index in [1.807, 2.05) is 0 Å². The molecule has 5 atom stereocenters. The summed E-state index contributed by atoms with van der Waals surface area (Å²) in [6.45, 7) is 10.8. The van der Waals surface area contributed by atoms with E-state index in [1.165, 1.54) is 30.4 Å². The Hall–Kier alpha value is -0.860. The second-order valence-electron chi connectivity index (χ2n) is 8.39. The summed E-state index contributed by atoms with van der Waals surface area (Å²) in [6, 6.07) is 8.92. The Balaban J connectivity index is 1.75. The minimum atomic E-state index is 0.161. The molecular weight excluding hydrogens is 270 g/mol. The summed E-state index contributed by atoms with van der Waals surface area (Å²) in [6.07, 6.45) is 4.50. The lowest BCUT2D eigenvalue weighted by molar-refractivity contribution is -0.242. The largest absolute Gasteiger partial charge is 0.355 e. The van der Waals surface area contributed by atoms with Gasteiger partial charge in [-0.2, -0.15) is 0 Å². The Morgan fingerprint density at radius 3 is 2.59 bits per heavy atom. The molecule has 2 aliphatic heterocycles. The molecule has 2 heteroatoms. The van der Waals surface area contributed by atoms with Gasteiger partial charge in [-0.1, -0.05) is 44.5 Å². The highest BCUT2D eigenvalue weighted by atomic mass is 16.5. The van der Waals surface area contributed by atoms with E-state index in [2.05, 4.69) is 56.9 Å². The van der Waals surface area contributed by atoms with Crippen LogP contribution in [0, 0.1) is 11.8 Å². The fourth-order valence-corrected chi connectivity index (χ4v) is 5.19. The van der Waals surface area contributed by atoms with E-state index in [0.29, 0.717) is 17.9 Å². The Bertz CT molecular complexity index is 567. The van der Waals surface area contributed by atoms with Gasteiger partial charge >= 0.3 is 0 Å². The van der Waals surface area contributed by atoms with Crippen LogP contribution >= 0.6 is 0 Å². The molecule has 1 aromatic rings. The van der Waals surface area contributed by atoms with Gasteiger partial charge in [-0.3, -0.25) is 4.90 Å².